The predicted octanol–water partition coefficient (Wildman–Crippen LogP) is 2.20. The van der Waals surface area contributed by atoms with Gasteiger partial charge in [0.1, 0.15) is 0 Å². The number of amides is 2. The maximum atomic E-state index is 12.3. The van der Waals surface area contributed by atoms with Crippen LogP contribution in [0.3, 0.4) is 0 Å². The lowest BCUT2D eigenvalue weighted by Crippen LogP contribution is -2.31. The van der Waals surface area contributed by atoms with E-state index in [9.17, 15) is 9.59 Å². The molecular weight excluding hydrogens is 264 g/mol. The number of nitrogens with zero attached hydrogens (tertiary/aromatic N) is 1. The van der Waals surface area contributed by atoms with Crippen molar-refractivity contribution in [3.05, 3.63) is 35.9 Å². The Labute approximate surface area is 126 Å². The molecular formula is C17H24N2O2. The fourth-order valence-corrected chi connectivity index (χ4v) is 2.50. The van der Waals surface area contributed by atoms with Gasteiger partial charge in [0.05, 0.1) is 11.8 Å². The van der Waals surface area contributed by atoms with E-state index >= 15 is 0 Å². The standard InChI is InChI=1S/C17H24N2O2/c1-3-4-10-18-16(20)14-11-15(14)17(21)19(2)12-13-8-6-5-7-9-13/h5-9,14-15H,3-4,10-12H2,1-2H3,(H,18,20). The van der Waals surface area contributed by atoms with Gasteiger partial charge in [-0.15, -0.1) is 0 Å². The SMILES string of the molecule is CCCCNC(=O)C1CC1C(=O)N(C)Cc1ccccc1. The van der Waals surface area contributed by atoms with E-state index in [2.05, 4.69) is 12.2 Å². The normalized spacial score (nSPS) is 19.9. The Bertz CT molecular complexity index is 487. The van der Waals surface area contributed by atoms with E-state index in [1.807, 2.05) is 30.3 Å². The second-order valence-electron chi connectivity index (χ2n) is 5.77. The fraction of sp³-hybridized carbons (Fsp3) is 0.529. The molecule has 1 fully saturated rings. The van der Waals surface area contributed by atoms with Crippen LogP contribution in [0.4, 0.5) is 0 Å². The predicted molar refractivity (Wildman–Crippen MR) is 82.4 cm³/mol. The van der Waals surface area contributed by atoms with E-state index in [-0.39, 0.29) is 23.7 Å². The third-order valence-corrected chi connectivity index (χ3v) is 3.91. The summed E-state index contributed by atoms with van der Waals surface area (Å²) in [5, 5.41) is 2.91. The maximum Gasteiger partial charge on any atom is 0.226 e. The van der Waals surface area contributed by atoms with Crippen LogP contribution in [0.2, 0.25) is 0 Å². The minimum absolute atomic E-state index is 0.0370. The van der Waals surface area contributed by atoms with Crippen molar-refractivity contribution in [3.63, 3.8) is 0 Å². The highest BCUT2D eigenvalue weighted by Gasteiger charge is 2.48. The molecule has 2 unspecified atom stereocenters. The molecule has 2 atom stereocenters. The summed E-state index contributed by atoms with van der Waals surface area (Å²) < 4.78 is 0. The Morgan fingerprint density at radius 2 is 1.95 bits per heavy atom. The van der Waals surface area contributed by atoms with Crippen molar-refractivity contribution in [2.45, 2.75) is 32.7 Å². The molecule has 0 saturated heterocycles. The highest BCUT2D eigenvalue weighted by Crippen LogP contribution is 2.40. The molecule has 21 heavy (non-hydrogen) atoms. The molecule has 4 heteroatoms. The van der Waals surface area contributed by atoms with E-state index in [0.29, 0.717) is 19.5 Å². The lowest BCUT2D eigenvalue weighted by molar-refractivity contribution is -0.134. The van der Waals surface area contributed by atoms with Crippen molar-refractivity contribution in [3.8, 4) is 0 Å². The Hall–Kier alpha value is -1.84. The molecule has 0 aliphatic heterocycles. The molecule has 1 N–H and O–H groups in total. The minimum Gasteiger partial charge on any atom is -0.356 e. The van der Waals surface area contributed by atoms with Gasteiger partial charge in [0.25, 0.3) is 0 Å². The summed E-state index contributed by atoms with van der Waals surface area (Å²) in [6.45, 7) is 3.40. The van der Waals surface area contributed by atoms with Gasteiger partial charge in [0.15, 0.2) is 0 Å². The zero-order valence-electron chi connectivity index (χ0n) is 12.8. The van der Waals surface area contributed by atoms with E-state index < -0.39 is 0 Å². The average molecular weight is 288 g/mol. The summed E-state index contributed by atoms with van der Waals surface area (Å²) in [7, 11) is 1.81. The second kappa shape index (κ2) is 7.25. The van der Waals surface area contributed by atoms with Crippen molar-refractivity contribution < 1.29 is 9.59 Å². The van der Waals surface area contributed by atoms with Gasteiger partial charge in [0.2, 0.25) is 11.8 Å². The van der Waals surface area contributed by atoms with Gasteiger partial charge in [-0.3, -0.25) is 9.59 Å². The third-order valence-electron chi connectivity index (χ3n) is 3.91. The molecule has 1 aromatic rings. The number of rotatable bonds is 7. The van der Waals surface area contributed by atoms with Gasteiger partial charge in [-0.05, 0) is 18.4 Å². The molecule has 1 aliphatic rings. The van der Waals surface area contributed by atoms with Gasteiger partial charge in [-0.2, -0.15) is 0 Å². The van der Waals surface area contributed by atoms with Crippen LogP contribution in [-0.4, -0.2) is 30.3 Å². The van der Waals surface area contributed by atoms with Gasteiger partial charge >= 0.3 is 0 Å². The minimum atomic E-state index is -0.125. The zero-order chi connectivity index (χ0) is 15.2. The summed E-state index contributed by atoms with van der Waals surface area (Å²) in [5.74, 6) is -0.127. The summed E-state index contributed by atoms with van der Waals surface area (Å²) in [6, 6.07) is 9.91. The summed E-state index contributed by atoms with van der Waals surface area (Å²) in [4.78, 5) is 25.9. The van der Waals surface area contributed by atoms with Crippen LogP contribution < -0.4 is 5.32 Å². The van der Waals surface area contributed by atoms with Crippen LogP contribution in [0.15, 0.2) is 30.3 Å². The summed E-state index contributed by atoms with van der Waals surface area (Å²) in [6.07, 6.45) is 2.74. The smallest absolute Gasteiger partial charge is 0.226 e. The Balaban J connectivity index is 1.78. The molecule has 114 valence electrons. The quantitative estimate of drug-likeness (QED) is 0.782. The molecule has 1 aromatic carbocycles. The van der Waals surface area contributed by atoms with E-state index in [1.54, 1.807) is 11.9 Å². The van der Waals surface area contributed by atoms with Crippen LogP contribution in [0, 0.1) is 11.8 Å². The van der Waals surface area contributed by atoms with Gasteiger partial charge < -0.3 is 10.2 Å². The Morgan fingerprint density at radius 3 is 2.62 bits per heavy atom. The highest BCUT2D eigenvalue weighted by molar-refractivity contribution is 5.92. The maximum absolute atomic E-state index is 12.3. The lowest BCUT2D eigenvalue weighted by Gasteiger charge is -2.17. The molecule has 2 rings (SSSR count). The van der Waals surface area contributed by atoms with Crippen molar-refractivity contribution in [2.75, 3.05) is 13.6 Å². The lowest BCUT2D eigenvalue weighted by atomic mass is 10.2. The van der Waals surface area contributed by atoms with Crippen LogP contribution in [0.25, 0.3) is 0 Å². The molecule has 0 radical (unpaired) electrons. The molecule has 4 nitrogen and oxygen atoms in total. The molecule has 2 amide bonds. The first-order valence-corrected chi connectivity index (χ1v) is 7.70. The van der Waals surface area contributed by atoms with Crippen molar-refractivity contribution in [1.82, 2.24) is 10.2 Å². The number of carbonyl (C=O) groups is 2. The van der Waals surface area contributed by atoms with Crippen molar-refractivity contribution in [1.29, 1.82) is 0 Å². The fourth-order valence-electron chi connectivity index (χ4n) is 2.50. The number of hydrogen-bond donors (Lipinski definition) is 1. The Kier molecular flexibility index (Phi) is 5.37. The average Bonchev–Trinajstić information content (AvgIpc) is 3.28. The first-order chi connectivity index (χ1) is 10.1. The Morgan fingerprint density at radius 1 is 1.24 bits per heavy atom. The van der Waals surface area contributed by atoms with Crippen molar-refractivity contribution in [2.24, 2.45) is 11.8 Å². The number of nitrogens with one attached hydrogen (secondary N) is 1. The molecule has 0 aromatic heterocycles. The molecule has 0 bridgehead atoms. The molecule has 0 heterocycles. The van der Waals surface area contributed by atoms with Gasteiger partial charge in [-0.25, -0.2) is 0 Å². The van der Waals surface area contributed by atoms with Crippen LogP contribution in [-0.2, 0) is 16.1 Å². The topological polar surface area (TPSA) is 49.4 Å². The van der Waals surface area contributed by atoms with Gasteiger partial charge in [-0.1, -0.05) is 43.7 Å². The van der Waals surface area contributed by atoms with Gasteiger partial charge in [0, 0.05) is 20.1 Å². The largest absolute Gasteiger partial charge is 0.356 e. The number of unbranched alkanes of at least 4 members (excludes halogenated alkanes) is 1. The highest BCUT2D eigenvalue weighted by atomic mass is 16.2. The summed E-state index contributed by atoms with van der Waals surface area (Å²) in [5.41, 5.74) is 1.11. The summed E-state index contributed by atoms with van der Waals surface area (Å²) >= 11 is 0. The van der Waals surface area contributed by atoms with Crippen LogP contribution in [0.5, 0.6) is 0 Å². The second-order valence-corrected chi connectivity index (χ2v) is 5.77. The third kappa shape index (κ3) is 4.31. The van der Waals surface area contributed by atoms with Crippen LogP contribution in [0.1, 0.15) is 31.7 Å². The van der Waals surface area contributed by atoms with Crippen LogP contribution >= 0.6 is 0 Å². The first kappa shape index (κ1) is 15.5. The van der Waals surface area contributed by atoms with E-state index in [1.165, 1.54) is 0 Å². The monoisotopic (exact) mass is 288 g/mol. The molecule has 1 aliphatic carbocycles. The van der Waals surface area contributed by atoms with E-state index in [4.69, 9.17) is 0 Å². The number of carbonyl (C=O) groups excluding carboxylic acids is 2. The number of benzene rings is 1. The molecule has 0 spiro atoms. The van der Waals surface area contributed by atoms with E-state index in [0.717, 1.165) is 18.4 Å². The molecule has 1 saturated carbocycles. The van der Waals surface area contributed by atoms with Crippen molar-refractivity contribution >= 4 is 11.8 Å². The number of hydrogen-bond acceptors (Lipinski definition) is 2. The zero-order valence-corrected chi connectivity index (χ0v) is 12.8. The first-order valence-electron chi connectivity index (χ1n) is 7.70.